The van der Waals surface area contributed by atoms with Gasteiger partial charge in [0.25, 0.3) is 0 Å². The number of nitrogens with one attached hydrogen (secondary N) is 4. The van der Waals surface area contributed by atoms with Crippen molar-refractivity contribution < 1.29 is 9.21 Å². The van der Waals surface area contributed by atoms with Crippen LogP contribution in [-0.4, -0.2) is 22.4 Å². The molecule has 0 fully saturated rings. The molecule has 0 saturated heterocycles. The topological polar surface area (TPSA) is 107 Å². The number of carbonyl (C=O) groups excluding carboxylic acids is 1. The van der Waals surface area contributed by atoms with Crippen molar-refractivity contribution in [3.8, 4) is 0 Å². The summed E-state index contributed by atoms with van der Waals surface area (Å²) in [6.07, 6.45) is 1.64. The predicted octanol–water partition coefficient (Wildman–Crippen LogP) is 3.61. The zero-order valence-corrected chi connectivity index (χ0v) is 19.6. The Morgan fingerprint density at radius 3 is 2.50 bits per heavy atom. The maximum absolute atomic E-state index is 13.4. The summed E-state index contributed by atoms with van der Waals surface area (Å²) in [5, 5.41) is 6.38. The highest BCUT2D eigenvalue weighted by Gasteiger charge is 2.44. The van der Waals surface area contributed by atoms with Crippen molar-refractivity contribution >= 4 is 23.5 Å². The van der Waals surface area contributed by atoms with Crippen LogP contribution in [0.5, 0.6) is 0 Å². The van der Waals surface area contributed by atoms with Gasteiger partial charge in [-0.2, -0.15) is 9.97 Å². The summed E-state index contributed by atoms with van der Waals surface area (Å²) in [5.41, 5.74) is 9.61. The number of nitrogens with zero attached hydrogens (tertiary/aromatic N) is 3. The molecule has 1 amide bonds. The number of carbonyl (C=O) groups is 1. The lowest BCUT2D eigenvalue weighted by molar-refractivity contribution is -0.125. The summed E-state index contributed by atoms with van der Waals surface area (Å²) in [6, 6.07) is 23.7. The van der Waals surface area contributed by atoms with E-state index in [9.17, 15) is 4.79 Å². The smallest absolute Gasteiger partial charge is 0.227 e. The maximum atomic E-state index is 13.4. The second kappa shape index (κ2) is 9.71. The highest BCUT2D eigenvalue weighted by Crippen LogP contribution is 2.44. The van der Waals surface area contributed by atoms with E-state index in [1.54, 1.807) is 6.26 Å². The zero-order valence-electron chi connectivity index (χ0n) is 19.6. The fourth-order valence-electron chi connectivity index (χ4n) is 4.78. The van der Waals surface area contributed by atoms with Crippen molar-refractivity contribution in [3.05, 3.63) is 102 Å². The fourth-order valence-corrected chi connectivity index (χ4v) is 4.78. The fraction of sp³-hybridized carbons (Fsp3) is 0.222. The first-order valence-electron chi connectivity index (χ1n) is 12.0. The Morgan fingerprint density at radius 2 is 1.75 bits per heavy atom. The van der Waals surface area contributed by atoms with E-state index in [4.69, 9.17) is 9.40 Å². The molecular formula is C27H27N7O2. The van der Waals surface area contributed by atoms with E-state index in [0.29, 0.717) is 37.9 Å². The highest BCUT2D eigenvalue weighted by molar-refractivity contribution is 5.83. The minimum atomic E-state index is -0.316. The van der Waals surface area contributed by atoms with Crippen molar-refractivity contribution in [2.24, 2.45) is 5.92 Å². The van der Waals surface area contributed by atoms with E-state index in [-0.39, 0.29) is 17.9 Å². The van der Waals surface area contributed by atoms with Gasteiger partial charge in [0, 0.05) is 19.6 Å². The van der Waals surface area contributed by atoms with Gasteiger partial charge in [-0.25, -0.2) is 5.43 Å². The van der Waals surface area contributed by atoms with E-state index < -0.39 is 0 Å². The molecule has 36 heavy (non-hydrogen) atoms. The third-order valence-electron chi connectivity index (χ3n) is 6.57. The van der Waals surface area contributed by atoms with Gasteiger partial charge < -0.3 is 25.4 Å². The lowest BCUT2D eigenvalue weighted by Gasteiger charge is -2.37. The molecule has 9 nitrogen and oxygen atoms in total. The Balaban J connectivity index is 1.29. The number of hydrogen-bond acceptors (Lipinski definition) is 8. The van der Waals surface area contributed by atoms with Gasteiger partial charge in [0.15, 0.2) is 5.82 Å². The largest absolute Gasteiger partial charge is 0.467 e. The van der Waals surface area contributed by atoms with Gasteiger partial charge >= 0.3 is 0 Å². The molecule has 2 aliphatic rings. The third-order valence-corrected chi connectivity index (χ3v) is 6.57. The highest BCUT2D eigenvalue weighted by atomic mass is 16.3. The second-order valence-electron chi connectivity index (χ2n) is 8.99. The van der Waals surface area contributed by atoms with Crippen LogP contribution in [0.4, 0.5) is 17.6 Å². The summed E-state index contributed by atoms with van der Waals surface area (Å²) < 4.78 is 5.43. The molecule has 2 aromatic heterocycles. The summed E-state index contributed by atoms with van der Waals surface area (Å²) >= 11 is 0. The predicted molar refractivity (Wildman–Crippen MR) is 137 cm³/mol. The number of benzene rings is 2. The number of hydrogen-bond donors (Lipinski definition) is 4. The lowest BCUT2D eigenvalue weighted by atomic mass is 9.89. The van der Waals surface area contributed by atoms with Crippen LogP contribution in [0.1, 0.15) is 28.5 Å². The standard InChI is InChI=1S/C27H27N7O2/c35-26(28-14-18-8-3-1-4-9-18)21-17-34(16-19-10-5-2-6-11-19)25-22-23(21)32-33-24(22)30-27(31-25)29-15-20-12-7-13-36-20/h1-13,21,23,32H,14-17H2,(H,28,35)(H2,29,30,31,33). The van der Waals surface area contributed by atoms with Crippen LogP contribution in [0.15, 0.2) is 83.5 Å². The zero-order chi connectivity index (χ0) is 24.3. The van der Waals surface area contributed by atoms with Gasteiger partial charge in [-0.1, -0.05) is 60.7 Å². The molecule has 0 saturated carbocycles. The number of furan rings is 1. The van der Waals surface area contributed by atoms with Gasteiger partial charge in [-0.3, -0.25) is 4.79 Å². The van der Waals surface area contributed by atoms with Crippen LogP contribution < -0.4 is 26.4 Å². The van der Waals surface area contributed by atoms with Crippen LogP contribution in [0.3, 0.4) is 0 Å². The second-order valence-corrected chi connectivity index (χ2v) is 8.99. The number of rotatable bonds is 8. The van der Waals surface area contributed by atoms with Crippen molar-refractivity contribution in [2.75, 3.05) is 22.2 Å². The first-order valence-corrected chi connectivity index (χ1v) is 12.0. The first kappa shape index (κ1) is 22.1. The summed E-state index contributed by atoms with van der Waals surface area (Å²) in [4.78, 5) is 25.1. The molecule has 0 aliphatic carbocycles. The van der Waals surface area contributed by atoms with E-state index in [1.165, 1.54) is 0 Å². The summed E-state index contributed by atoms with van der Waals surface area (Å²) in [7, 11) is 0. The van der Waals surface area contributed by atoms with E-state index in [2.05, 4.69) is 43.5 Å². The Kier molecular flexibility index (Phi) is 5.96. The van der Waals surface area contributed by atoms with Crippen LogP contribution in [0, 0.1) is 5.92 Å². The molecule has 2 unspecified atom stereocenters. The molecule has 2 atom stereocenters. The van der Waals surface area contributed by atoms with Crippen molar-refractivity contribution in [1.29, 1.82) is 0 Å². The summed E-state index contributed by atoms with van der Waals surface area (Å²) in [6.45, 7) is 2.12. The Morgan fingerprint density at radius 1 is 0.972 bits per heavy atom. The molecule has 0 bridgehead atoms. The third kappa shape index (κ3) is 4.48. The Bertz CT molecular complexity index is 1330. The first-order chi connectivity index (χ1) is 17.7. The van der Waals surface area contributed by atoms with Gasteiger partial charge in [0.2, 0.25) is 11.9 Å². The lowest BCUT2D eigenvalue weighted by Crippen LogP contribution is -2.48. The number of amides is 1. The summed E-state index contributed by atoms with van der Waals surface area (Å²) in [5.74, 6) is 2.48. The molecule has 4 N–H and O–H groups in total. The van der Waals surface area contributed by atoms with Gasteiger partial charge in [-0.15, -0.1) is 0 Å². The maximum Gasteiger partial charge on any atom is 0.227 e. The average molecular weight is 482 g/mol. The minimum absolute atomic E-state index is 0.00487. The molecule has 2 aromatic carbocycles. The number of aromatic nitrogens is 2. The van der Waals surface area contributed by atoms with Crippen molar-refractivity contribution in [2.45, 2.75) is 25.7 Å². The molecule has 182 valence electrons. The Labute approximate surface area is 208 Å². The molecule has 2 aliphatic heterocycles. The van der Waals surface area contributed by atoms with Crippen LogP contribution in [0.2, 0.25) is 0 Å². The van der Waals surface area contributed by atoms with Crippen molar-refractivity contribution in [3.63, 3.8) is 0 Å². The van der Waals surface area contributed by atoms with E-state index >= 15 is 0 Å². The molecule has 0 radical (unpaired) electrons. The average Bonchev–Trinajstić information content (AvgIpc) is 3.60. The molecule has 4 heterocycles. The Hall–Kier alpha value is -4.37. The molecule has 9 heteroatoms. The van der Waals surface area contributed by atoms with Gasteiger partial charge in [0.1, 0.15) is 11.6 Å². The molecule has 6 rings (SSSR count). The minimum Gasteiger partial charge on any atom is -0.467 e. The monoisotopic (exact) mass is 481 g/mol. The van der Waals surface area contributed by atoms with Crippen molar-refractivity contribution in [1.82, 2.24) is 20.7 Å². The molecule has 4 aromatic rings. The van der Waals surface area contributed by atoms with Crippen LogP contribution in [0.25, 0.3) is 0 Å². The quantitative estimate of drug-likeness (QED) is 0.302. The van der Waals surface area contributed by atoms with Gasteiger partial charge in [-0.05, 0) is 23.3 Å². The van der Waals surface area contributed by atoms with E-state index in [1.807, 2.05) is 60.7 Å². The van der Waals surface area contributed by atoms with E-state index in [0.717, 1.165) is 28.3 Å². The van der Waals surface area contributed by atoms with Gasteiger partial charge in [0.05, 0.1) is 30.3 Å². The number of anilines is 3. The molecular weight excluding hydrogens is 454 g/mol. The number of hydrazine groups is 1. The van der Waals surface area contributed by atoms with Crippen LogP contribution in [-0.2, 0) is 24.4 Å². The SMILES string of the molecule is O=C(NCc1ccccc1)C1CN(Cc2ccccc2)c2nc(NCc3ccco3)nc3c2C1NN3. The van der Waals surface area contributed by atoms with Crippen LogP contribution >= 0.6 is 0 Å². The molecule has 0 spiro atoms. The normalized spacial score (nSPS) is 17.8.